The van der Waals surface area contributed by atoms with Crippen LogP contribution in [0.4, 0.5) is 10.1 Å². The molecule has 25 heavy (non-hydrogen) atoms. The molecule has 1 N–H and O–H groups in total. The Morgan fingerprint density at radius 2 is 1.96 bits per heavy atom. The molecule has 0 amide bonds. The first-order chi connectivity index (χ1) is 12.2. The second kappa shape index (κ2) is 6.75. The number of piperidine rings is 1. The molecule has 5 heteroatoms. The van der Waals surface area contributed by atoms with Gasteiger partial charge in [-0.3, -0.25) is 0 Å². The van der Waals surface area contributed by atoms with Crippen LogP contribution in [0.1, 0.15) is 26.2 Å². The van der Waals surface area contributed by atoms with Crippen molar-refractivity contribution >= 4 is 16.7 Å². The van der Waals surface area contributed by atoms with Gasteiger partial charge >= 0.3 is 0 Å². The van der Waals surface area contributed by atoms with E-state index in [1.165, 1.54) is 31.4 Å². The standard InChI is InChI=1S/C20H22FN3O/c1-2-25-19-9-6-14(12-18(19)24-10-4-3-5-11-24)20-22-16-8-7-15(21)13-17(16)23-20/h6-9,12-13H,2-5,10-11H2,1H3,(H,22,23). The minimum atomic E-state index is -0.261. The first-order valence-corrected chi connectivity index (χ1v) is 8.92. The molecule has 0 unspecified atom stereocenters. The number of hydrogen-bond acceptors (Lipinski definition) is 3. The highest BCUT2D eigenvalue weighted by molar-refractivity contribution is 5.80. The van der Waals surface area contributed by atoms with Gasteiger partial charge in [0.25, 0.3) is 0 Å². The van der Waals surface area contributed by atoms with Gasteiger partial charge < -0.3 is 14.6 Å². The third-order valence-corrected chi connectivity index (χ3v) is 4.67. The van der Waals surface area contributed by atoms with E-state index in [4.69, 9.17) is 4.74 Å². The zero-order valence-corrected chi connectivity index (χ0v) is 14.4. The number of aromatic amines is 1. The van der Waals surface area contributed by atoms with Crippen LogP contribution in [-0.2, 0) is 0 Å². The summed E-state index contributed by atoms with van der Waals surface area (Å²) in [4.78, 5) is 10.2. The Kier molecular flexibility index (Phi) is 4.30. The summed E-state index contributed by atoms with van der Waals surface area (Å²) in [5, 5.41) is 0. The Hall–Kier alpha value is -2.56. The fraction of sp³-hybridized carbons (Fsp3) is 0.350. The van der Waals surface area contributed by atoms with Gasteiger partial charge in [0.15, 0.2) is 0 Å². The molecular weight excluding hydrogens is 317 g/mol. The lowest BCUT2D eigenvalue weighted by atomic mass is 10.1. The normalized spacial score (nSPS) is 14.9. The lowest BCUT2D eigenvalue weighted by molar-refractivity contribution is 0.339. The molecule has 1 fully saturated rings. The van der Waals surface area contributed by atoms with Gasteiger partial charge in [-0.15, -0.1) is 0 Å². The van der Waals surface area contributed by atoms with E-state index in [2.05, 4.69) is 20.9 Å². The maximum absolute atomic E-state index is 13.4. The Labute approximate surface area is 146 Å². The molecule has 0 atom stereocenters. The zero-order chi connectivity index (χ0) is 17.2. The molecule has 0 spiro atoms. The van der Waals surface area contributed by atoms with Crippen LogP contribution in [0.3, 0.4) is 0 Å². The summed E-state index contributed by atoms with van der Waals surface area (Å²) in [6, 6.07) is 10.8. The van der Waals surface area contributed by atoms with E-state index < -0.39 is 0 Å². The Bertz CT molecular complexity index is 884. The number of H-pyrrole nitrogens is 1. The number of halogens is 1. The molecule has 0 aliphatic carbocycles. The third kappa shape index (κ3) is 3.18. The Morgan fingerprint density at radius 1 is 1.12 bits per heavy atom. The summed E-state index contributed by atoms with van der Waals surface area (Å²) in [5.41, 5.74) is 3.58. The number of ether oxygens (including phenoxy) is 1. The summed E-state index contributed by atoms with van der Waals surface area (Å²) in [6.07, 6.45) is 3.70. The molecule has 4 rings (SSSR count). The molecule has 1 saturated heterocycles. The Balaban J connectivity index is 1.75. The number of imidazole rings is 1. The zero-order valence-electron chi connectivity index (χ0n) is 14.4. The van der Waals surface area contributed by atoms with Crippen LogP contribution in [0.2, 0.25) is 0 Å². The molecule has 2 heterocycles. The predicted octanol–water partition coefficient (Wildman–Crippen LogP) is 4.76. The molecule has 2 aromatic carbocycles. The monoisotopic (exact) mass is 339 g/mol. The fourth-order valence-corrected chi connectivity index (χ4v) is 3.44. The minimum absolute atomic E-state index is 0.261. The van der Waals surface area contributed by atoms with Gasteiger partial charge in [-0.1, -0.05) is 0 Å². The lowest BCUT2D eigenvalue weighted by Crippen LogP contribution is -2.29. The van der Waals surface area contributed by atoms with E-state index >= 15 is 0 Å². The average molecular weight is 339 g/mol. The lowest BCUT2D eigenvalue weighted by Gasteiger charge is -2.30. The van der Waals surface area contributed by atoms with Crippen molar-refractivity contribution in [3.63, 3.8) is 0 Å². The van der Waals surface area contributed by atoms with Crippen LogP contribution < -0.4 is 9.64 Å². The first-order valence-electron chi connectivity index (χ1n) is 8.92. The molecule has 1 aliphatic rings. The van der Waals surface area contributed by atoms with Crippen molar-refractivity contribution in [2.75, 3.05) is 24.6 Å². The van der Waals surface area contributed by atoms with Gasteiger partial charge in [0.1, 0.15) is 17.4 Å². The van der Waals surface area contributed by atoms with Gasteiger partial charge in [0.2, 0.25) is 0 Å². The molecule has 4 nitrogen and oxygen atoms in total. The highest BCUT2D eigenvalue weighted by Crippen LogP contribution is 2.35. The molecule has 0 radical (unpaired) electrons. The number of hydrogen-bond donors (Lipinski definition) is 1. The van der Waals surface area contributed by atoms with Gasteiger partial charge in [-0.2, -0.15) is 0 Å². The number of anilines is 1. The van der Waals surface area contributed by atoms with Crippen molar-refractivity contribution < 1.29 is 9.13 Å². The van der Waals surface area contributed by atoms with Gasteiger partial charge in [0.05, 0.1) is 23.3 Å². The number of nitrogens with one attached hydrogen (secondary N) is 1. The average Bonchev–Trinajstić information content (AvgIpc) is 3.06. The van der Waals surface area contributed by atoms with Crippen molar-refractivity contribution in [2.45, 2.75) is 26.2 Å². The van der Waals surface area contributed by atoms with E-state index in [1.54, 1.807) is 6.07 Å². The number of benzene rings is 2. The number of fused-ring (bicyclic) bond motifs is 1. The van der Waals surface area contributed by atoms with E-state index in [1.807, 2.05) is 19.1 Å². The molecule has 3 aromatic rings. The first kappa shape index (κ1) is 15.9. The highest BCUT2D eigenvalue weighted by atomic mass is 19.1. The molecule has 130 valence electrons. The predicted molar refractivity (Wildman–Crippen MR) is 98.7 cm³/mol. The topological polar surface area (TPSA) is 41.1 Å². The summed E-state index contributed by atoms with van der Waals surface area (Å²) in [5.74, 6) is 1.40. The van der Waals surface area contributed by atoms with Crippen molar-refractivity contribution in [3.05, 3.63) is 42.2 Å². The second-order valence-corrected chi connectivity index (χ2v) is 6.41. The Morgan fingerprint density at radius 3 is 2.76 bits per heavy atom. The van der Waals surface area contributed by atoms with Crippen LogP contribution in [0.15, 0.2) is 36.4 Å². The molecule has 0 bridgehead atoms. The van der Waals surface area contributed by atoms with Crippen molar-refractivity contribution in [1.29, 1.82) is 0 Å². The summed E-state index contributed by atoms with van der Waals surface area (Å²) in [7, 11) is 0. The number of nitrogens with zero attached hydrogens (tertiary/aromatic N) is 2. The summed E-state index contributed by atoms with van der Waals surface area (Å²) in [6.45, 7) is 4.75. The van der Waals surface area contributed by atoms with E-state index in [0.717, 1.165) is 41.4 Å². The van der Waals surface area contributed by atoms with Crippen LogP contribution in [0.5, 0.6) is 5.75 Å². The quantitative estimate of drug-likeness (QED) is 0.745. The van der Waals surface area contributed by atoms with Crippen molar-refractivity contribution in [1.82, 2.24) is 9.97 Å². The maximum Gasteiger partial charge on any atom is 0.142 e. The van der Waals surface area contributed by atoms with Gasteiger partial charge in [0, 0.05) is 18.7 Å². The highest BCUT2D eigenvalue weighted by Gasteiger charge is 2.17. The number of aromatic nitrogens is 2. The van der Waals surface area contributed by atoms with Crippen molar-refractivity contribution in [2.24, 2.45) is 0 Å². The smallest absolute Gasteiger partial charge is 0.142 e. The van der Waals surface area contributed by atoms with E-state index in [-0.39, 0.29) is 5.82 Å². The van der Waals surface area contributed by atoms with Crippen LogP contribution in [0.25, 0.3) is 22.4 Å². The van der Waals surface area contributed by atoms with E-state index in [9.17, 15) is 4.39 Å². The molecular formula is C20H22FN3O. The maximum atomic E-state index is 13.4. The van der Waals surface area contributed by atoms with Gasteiger partial charge in [-0.05, 0) is 62.6 Å². The molecule has 0 saturated carbocycles. The SMILES string of the molecule is CCOc1ccc(-c2nc3ccc(F)cc3[nH]2)cc1N1CCCCC1. The number of rotatable bonds is 4. The van der Waals surface area contributed by atoms with Crippen LogP contribution >= 0.6 is 0 Å². The van der Waals surface area contributed by atoms with Crippen molar-refractivity contribution in [3.8, 4) is 17.1 Å². The van der Waals surface area contributed by atoms with Crippen LogP contribution in [0, 0.1) is 5.82 Å². The molecule has 1 aliphatic heterocycles. The minimum Gasteiger partial charge on any atom is -0.492 e. The molecule has 1 aromatic heterocycles. The van der Waals surface area contributed by atoms with E-state index in [0.29, 0.717) is 12.1 Å². The third-order valence-electron chi connectivity index (χ3n) is 4.67. The summed E-state index contributed by atoms with van der Waals surface area (Å²) >= 11 is 0. The summed E-state index contributed by atoms with van der Waals surface area (Å²) < 4.78 is 19.3. The second-order valence-electron chi connectivity index (χ2n) is 6.41. The van der Waals surface area contributed by atoms with Crippen LogP contribution in [-0.4, -0.2) is 29.7 Å². The van der Waals surface area contributed by atoms with Gasteiger partial charge in [-0.25, -0.2) is 9.37 Å². The largest absolute Gasteiger partial charge is 0.492 e. The fourth-order valence-electron chi connectivity index (χ4n) is 3.44.